The van der Waals surface area contributed by atoms with Crippen molar-refractivity contribution in [2.45, 2.75) is 26.3 Å². The molecule has 3 heteroatoms. The van der Waals surface area contributed by atoms with Crippen molar-refractivity contribution < 1.29 is 9.90 Å². The average molecular weight is 233 g/mol. The van der Waals surface area contributed by atoms with E-state index < -0.39 is 5.97 Å². The maximum Gasteiger partial charge on any atom is 0.307 e. The van der Waals surface area contributed by atoms with Crippen LogP contribution in [0.4, 0.5) is 0 Å². The topological polar surface area (TPSA) is 40.5 Å². The third-order valence-corrected chi connectivity index (χ3v) is 3.51. The van der Waals surface area contributed by atoms with Crippen molar-refractivity contribution >= 4 is 5.97 Å². The van der Waals surface area contributed by atoms with Crippen LogP contribution in [0.15, 0.2) is 24.3 Å². The number of carboxylic acid groups (broad SMARTS) is 1. The molecule has 1 N–H and O–H groups in total. The first kappa shape index (κ1) is 12.1. The fourth-order valence-electron chi connectivity index (χ4n) is 2.43. The molecular formula is C14H19NO2. The molecule has 1 fully saturated rings. The van der Waals surface area contributed by atoms with E-state index in [4.69, 9.17) is 5.11 Å². The summed E-state index contributed by atoms with van der Waals surface area (Å²) in [5.41, 5.74) is 2.59. The van der Waals surface area contributed by atoms with Crippen LogP contribution in [0.2, 0.25) is 0 Å². The van der Waals surface area contributed by atoms with Gasteiger partial charge in [0.25, 0.3) is 0 Å². The summed E-state index contributed by atoms with van der Waals surface area (Å²) in [7, 11) is 0. The van der Waals surface area contributed by atoms with Gasteiger partial charge in [-0.3, -0.25) is 9.69 Å². The molecule has 0 aliphatic carbocycles. The molecule has 0 aromatic heterocycles. The number of piperidine rings is 1. The zero-order valence-electron chi connectivity index (χ0n) is 10.2. The zero-order chi connectivity index (χ0) is 12.3. The molecule has 3 nitrogen and oxygen atoms in total. The van der Waals surface area contributed by atoms with Crippen LogP contribution >= 0.6 is 0 Å². The van der Waals surface area contributed by atoms with Crippen molar-refractivity contribution in [1.29, 1.82) is 0 Å². The minimum atomic E-state index is -0.653. The van der Waals surface area contributed by atoms with Crippen LogP contribution in [-0.4, -0.2) is 29.1 Å². The highest BCUT2D eigenvalue weighted by Gasteiger charge is 2.25. The minimum Gasteiger partial charge on any atom is -0.481 e. The third kappa shape index (κ3) is 3.07. The summed E-state index contributed by atoms with van der Waals surface area (Å²) in [5.74, 6) is -0.841. The normalized spacial score (nSPS) is 21.4. The predicted molar refractivity (Wildman–Crippen MR) is 66.8 cm³/mol. The number of hydrogen-bond donors (Lipinski definition) is 1. The highest BCUT2D eigenvalue weighted by atomic mass is 16.4. The molecule has 2 rings (SSSR count). The van der Waals surface area contributed by atoms with Crippen molar-refractivity contribution in [2.75, 3.05) is 13.1 Å². The number of carboxylic acids is 1. The van der Waals surface area contributed by atoms with Crippen LogP contribution in [0, 0.1) is 12.8 Å². The second-order valence-corrected chi connectivity index (χ2v) is 4.84. The van der Waals surface area contributed by atoms with Gasteiger partial charge in [0.15, 0.2) is 0 Å². The standard InChI is InChI=1S/C14H19NO2/c1-11-5-2-3-6-12(11)9-15-8-4-7-13(10-15)14(16)17/h2-3,5-6,13H,4,7-10H2,1H3,(H,16,17)/t13-/m0/s1. The van der Waals surface area contributed by atoms with Crippen LogP contribution in [-0.2, 0) is 11.3 Å². The summed E-state index contributed by atoms with van der Waals surface area (Å²) in [4.78, 5) is 13.2. The maximum atomic E-state index is 11.0. The predicted octanol–water partition coefficient (Wildman–Crippen LogP) is 2.29. The van der Waals surface area contributed by atoms with Crippen molar-refractivity contribution in [3.63, 3.8) is 0 Å². The molecule has 1 atom stereocenters. The monoisotopic (exact) mass is 233 g/mol. The number of hydrogen-bond acceptors (Lipinski definition) is 2. The van der Waals surface area contributed by atoms with Gasteiger partial charge < -0.3 is 5.11 Å². The quantitative estimate of drug-likeness (QED) is 0.870. The molecular weight excluding hydrogens is 214 g/mol. The van der Waals surface area contributed by atoms with Gasteiger partial charge in [0.2, 0.25) is 0 Å². The lowest BCUT2D eigenvalue weighted by Crippen LogP contribution is -2.38. The molecule has 92 valence electrons. The maximum absolute atomic E-state index is 11.0. The van der Waals surface area contributed by atoms with E-state index in [9.17, 15) is 4.79 Å². The van der Waals surface area contributed by atoms with Crippen LogP contribution < -0.4 is 0 Å². The van der Waals surface area contributed by atoms with Gasteiger partial charge in [0.05, 0.1) is 5.92 Å². The summed E-state index contributed by atoms with van der Waals surface area (Å²) < 4.78 is 0. The molecule has 0 amide bonds. The van der Waals surface area contributed by atoms with Crippen LogP contribution in [0.25, 0.3) is 0 Å². The SMILES string of the molecule is Cc1ccccc1CN1CCC[C@H](C(=O)O)C1. The fourth-order valence-corrected chi connectivity index (χ4v) is 2.43. The first-order chi connectivity index (χ1) is 8.16. The molecule has 0 unspecified atom stereocenters. The number of rotatable bonds is 3. The Hall–Kier alpha value is -1.35. The van der Waals surface area contributed by atoms with E-state index in [-0.39, 0.29) is 5.92 Å². The molecule has 1 aliphatic heterocycles. The van der Waals surface area contributed by atoms with E-state index in [2.05, 4.69) is 24.0 Å². The molecule has 0 saturated carbocycles. The Morgan fingerprint density at radius 3 is 2.94 bits per heavy atom. The Kier molecular flexibility index (Phi) is 3.79. The zero-order valence-corrected chi connectivity index (χ0v) is 10.2. The van der Waals surface area contributed by atoms with Gasteiger partial charge in [-0.25, -0.2) is 0 Å². The Morgan fingerprint density at radius 1 is 1.47 bits per heavy atom. The van der Waals surface area contributed by atoms with Gasteiger partial charge in [-0.15, -0.1) is 0 Å². The van der Waals surface area contributed by atoms with Gasteiger partial charge in [-0.2, -0.15) is 0 Å². The van der Waals surface area contributed by atoms with Gasteiger partial charge in [-0.1, -0.05) is 24.3 Å². The molecule has 0 radical (unpaired) electrons. The Balaban J connectivity index is 1.99. The third-order valence-electron chi connectivity index (χ3n) is 3.51. The smallest absolute Gasteiger partial charge is 0.307 e. The van der Waals surface area contributed by atoms with Crippen molar-refractivity contribution in [2.24, 2.45) is 5.92 Å². The lowest BCUT2D eigenvalue weighted by molar-refractivity contribution is -0.143. The number of aryl methyl sites for hydroxylation is 1. The lowest BCUT2D eigenvalue weighted by Gasteiger charge is -2.30. The van der Waals surface area contributed by atoms with E-state index in [1.165, 1.54) is 11.1 Å². The van der Waals surface area contributed by atoms with Gasteiger partial charge >= 0.3 is 5.97 Å². The van der Waals surface area contributed by atoms with E-state index in [1.54, 1.807) is 0 Å². The largest absolute Gasteiger partial charge is 0.481 e. The van der Waals surface area contributed by atoms with E-state index in [0.29, 0.717) is 6.54 Å². The first-order valence-electron chi connectivity index (χ1n) is 6.16. The molecule has 1 saturated heterocycles. The summed E-state index contributed by atoms with van der Waals surface area (Å²) in [6.07, 6.45) is 1.81. The van der Waals surface area contributed by atoms with Crippen LogP contribution in [0.3, 0.4) is 0 Å². The fraction of sp³-hybridized carbons (Fsp3) is 0.500. The average Bonchev–Trinajstić information content (AvgIpc) is 2.32. The number of likely N-dealkylation sites (tertiary alicyclic amines) is 1. The summed E-state index contributed by atoms with van der Waals surface area (Å²) >= 11 is 0. The van der Waals surface area contributed by atoms with Gasteiger partial charge in [-0.05, 0) is 37.4 Å². The van der Waals surface area contributed by atoms with Gasteiger partial charge in [0, 0.05) is 13.1 Å². The lowest BCUT2D eigenvalue weighted by atomic mass is 9.97. The molecule has 0 bridgehead atoms. The molecule has 1 aliphatic rings. The Morgan fingerprint density at radius 2 is 2.24 bits per heavy atom. The van der Waals surface area contributed by atoms with Crippen molar-refractivity contribution in [3.05, 3.63) is 35.4 Å². The number of nitrogens with zero attached hydrogens (tertiary/aromatic N) is 1. The van der Waals surface area contributed by atoms with E-state index in [1.807, 2.05) is 12.1 Å². The molecule has 1 aromatic carbocycles. The number of benzene rings is 1. The Bertz CT molecular complexity index is 403. The van der Waals surface area contributed by atoms with Gasteiger partial charge in [0.1, 0.15) is 0 Å². The van der Waals surface area contributed by atoms with Crippen LogP contribution in [0.1, 0.15) is 24.0 Å². The first-order valence-corrected chi connectivity index (χ1v) is 6.16. The second-order valence-electron chi connectivity index (χ2n) is 4.84. The molecule has 0 spiro atoms. The van der Waals surface area contributed by atoms with Crippen molar-refractivity contribution in [1.82, 2.24) is 4.90 Å². The van der Waals surface area contributed by atoms with E-state index >= 15 is 0 Å². The number of aliphatic carboxylic acids is 1. The minimum absolute atomic E-state index is 0.187. The van der Waals surface area contributed by atoms with Crippen molar-refractivity contribution in [3.8, 4) is 0 Å². The highest BCUT2D eigenvalue weighted by Crippen LogP contribution is 2.19. The second kappa shape index (κ2) is 5.32. The number of carbonyl (C=O) groups is 1. The highest BCUT2D eigenvalue weighted by molar-refractivity contribution is 5.70. The Labute approximate surface area is 102 Å². The molecule has 1 aromatic rings. The summed E-state index contributed by atoms with van der Waals surface area (Å²) in [5, 5.41) is 9.05. The molecule has 1 heterocycles. The summed E-state index contributed by atoms with van der Waals surface area (Å²) in [6, 6.07) is 8.31. The summed E-state index contributed by atoms with van der Waals surface area (Å²) in [6.45, 7) is 4.67. The van der Waals surface area contributed by atoms with E-state index in [0.717, 1.165) is 25.9 Å². The van der Waals surface area contributed by atoms with Crippen LogP contribution in [0.5, 0.6) is 0 Å². The molecule has 17 heavy (non-hydrogen) atoms.